The molecule has 0 atom stereocenters. The normalized spacial score (nSPS) is 16.8. The number of nitrogens with zero attached hydrogens (tertiary/aromatic N) is 4. The molecule has 0 saturated carbocycles. The van der Waals surface area contributed by atoms with Crippen molar-refractivity contribution in [1.29, 1.82) is 5.41 Å². The van der Waals surface area contributed by atoms with E-state index < -0.39 is 5.91 Å². The molecule has 8 heteroatoms. The molecule has 1 aromatic carbocycles. The molecule has 0 saturated heterocycles. The quantitative estimate of drug-likeness (QED) is 0.402. The van der Waals surface area contributed by atoms with Crippen LogP contribution in [0.25, 0.3) is 11.8 Å². The highest BCUT2D eigenvalue weighted by Crippen LogP contribution is 2.31. The molecule has 1 amide bonds. The van der Waals surface area contributed by atoms with E-state index in [2.05, 4.69) is 21.6 Å². The van der Waals surface area contributed by atoms with Crippen LogP contribution in [-0.2, 0) is 4.79 Å². The number of hydrogen-bond donors (Lipinski definition) is 1. The first-order valence-corrected chi connectivity index (χ1v) is 12.1. The lowest BCUT2D eigenvalue weighted by Crippen LogP contribution is -2.35. The van der Waals surface area contributed by atoms with E-state index in [1.54, 1.807) is 13.2 Å². The number of rotatable bonds is 8. The number of aryl methyl sites for hydroxylation is 1. The fraction of sp³-hybridized carbons (Fsp3) is 0.360. The molecule has 1 N–H and O–H groups in total. The molecule has 2 aromatic rings. The highest BCUT2D eigenvalue weighted by Gasteiger charge is 2.35. The number of methoxy groups -OCH3 is 1. The minimum atomic E-state index is -0.393. The molecule has 7 nitrogen and oxygen atoms in total. The van der Waals surface area contributed by atoms with Gasteiger partial charge >= 0.3 is 0 Å². The van der Waals surface area contributed by atoms with Gasteiger partial charge in [-0.15, -0.1) is 0 Å². The topological polar surface area (TPSA) is 83.0 Å². The fourth-order valence-corrected chi connectivity index (χ4v) is 4.98. The molecule has 33 heavy (non-hydrogen) atoms. The number of amidine groups is 2. The summed E-state index contributed by atoms with van der Waals surface area (Å²) in [5.41, 5.74) is 4.16. The first-order valence-electron chi connectivity index (χ1n) is 11.3. The Bertz CT molecular complexity index is 1170. The van der Waals surface area contributed by atoms with E-state index in [0.717, 1.165) is 52.7 Å². The van der Waals surface area contributed by atoms with Crippen LogP contribution in [-0.4, -0.2) is 38.6 Å². The second-order valence-corrected chi connectivity index (χ2v) is 9.22. The van der Waals surface area contributed by atoms with Crippen LogP contribution in [0.4, 0.5) is 0 Å². The minimum absolute atomic E-state index is 0.0790. The third-order valence-corrected chi connectivity index (χ3v) is 6.81. The lowest BCUT2D eigenvalue weighted by molar-refractivity contribution is -0.114. The number of thioether (sulfide) groups is 1. The number of unbranched alkanes of at least 4 members (excludes halogenated alkanes) is 3. The van der Waals surface area contributed by atoms with Crippen molar-refractivity contribution in [3.8, 4) is 11.4 Å². The molecule has 0 fully saturated rings. The number of nitrogens with one attached hydrogen (secondary N) is 1. The summed E-state index contributed by atoms with van der Waals surface area (Å²) in [5, 5.41) is 16.1. The average molecular weight is 464 g/mol. The highest BCUT2D eigenvalue weighted by atomic mass is 32.2. The lowest BCUT2D eigenvalue weighted by atomic mass is 10.1. The van der Waals surface area contributed by atoms with Gasteiger partial charge in [-0.3, -0.25) is 10.2 Å². The summed E-state index contributed by atoms with van der Waals surface area (Å²) in [6.07, 6.45) is 7.22. The van der Waals surface area contributed by atoms with Gasteiger partial charge in [-0.25, -0.2) is 0 Å². The van der Waals surface area contributed by atoms with E-state index in [0.29, 0.717) is 5.17 Å². The summed E-state index contributed by atoms with van der Waals surface area (Å²) in [5.74, 6) is 0.484. The van der Waals surface area contributed by atoms with Crippen molar-refractivity contribution in [1.82, 2.24) is 9.58 Å². The molecule has 0 radical (unpaired) electrons. The molecule has 0 aliphatic carbocycles. The summed E-state index contributed by atoms with van der Waals surface area (Å²) in [7, 11) is 1.65. The van der Waals surface area contributed by atoms with Crippen molar-refractivity contribution in [2.45, 2.75) is 52.9 Å². The Morgan fingerprint density at radius 1 is 1.15 bits per heavy atom. The van der Waals surface area contributed by atoms with E-state index in [1.807, 2.05) is 44.2 Å². The SMILES string of the molecule is CCCCCCC1=NN2C(=N)C(=Cc3cc(C)n(-c4ccc(OC)cc4)c3C)C(=O)N=C2S1. The molecule has 0 bridgehead atoms. The summed E-state index contributed by atoms with van der Waals surface area (Å²) in [4.78, 5) is 17.0. The molecular formula is C25H29N5O2S. The maximum atomic E-state index is 12.8. The number of fused-ring (bicyclic) bond motifs is 1. The van der Waals surface area contributed by atoms with E-state index in [4.69, 9.17) is 10.1 Å². The van der Waals surface area contributed by atoms with E-state index in [1.165, 1.54) is 29.6 Å². The van der Waals surface area contributed by atoms with Gasteiger partial charge in [0, 0.05) is 17.1 Å². The van der Waals surface area contributed by atoms with E-state index in [9.17, 15) is 4.79 Å². The Morgan fingerprint density at radius 3 is 2.61 bits per heavy atom. The molecule has 172 valence electrons. The number of hydrazone groups is 1. The first-order chi connectivity index (χ1) is 15.9. The number of hydrogen-bond acceptors (Lipinski definition) is 5. The molecule has 2 aliphatic heterocycles. The predicted octanol–water partition coefficient (Wildman–Crippen LogP) is 5.69. The van der Waals surface area contributed by atoms with Gasteiger partial charge in [0.25, 0.3) is 5.91 Å². The Labute approximate surface area is 198 Å². The number of carbonyl (C=O) groups is 1. The number of carbonyl (C=O) groups excluding carboxylic acids is 1. The first kappa shape index (κ1) is 23.0. The standard InChI is InChI=1S/C25H29N5O2S/c1-5-6-7-8-9-22-28-30-23(26)21(24(31)27-25(30)33-22)15-18-14-16(2)29(17(18)3)19-10-12-20(32-4)13-11-19/h10-15,26H,5-9H2,1-4H3. The van der Waals surface area contributed by atoms with Gasteiger partial charge in [-0.2, -0.15) is 15.1 Å². The summed E-state index contributed by atoms with van der Waals surface area (Å²) < 4.78 is 7.38. The van der Waals surface area contributed by atoms with Crippen molar-refractivity contribution in [3.05, 3.63) is 52.9 Å². The molecule has 2 aliphatic rings. The second kappa shape index (κ2) is 9.79. The van der Waals surface area contributed by atoms with Crippen LogP contribution in [0.1, 0.15) is 56.0 Å². The van der Waals surface area contributed by atoms with Crippen LogP contribution in [0.3, 0.4) is 0 Å². The Morgan fingerprint density at radius 2 is 1.91 bits per heavy atom. The molecule has 0 spiro atoms. The molecule has 4 rings (SSSR count). The number of aromatic nitrogens is 1. The zero-order valence-electron chi connectivity index (χ0n) is 19.5. The van der Waals surface area contributed by atoms with Crippen LogP contribution in [0, 0.1) is 19.3 Å². The van der Waals surface area contributed by atoms with Gasteiger partial charge in [0.2, 0.25) is 5.17 Å². The van der Waals surface area contributed by atoms with Gasteiger partial charge in [0.15, 0.2) is 5.84 Å². The number of aliphatic imine (C=N–C) groups is 1. The molecule has 3 heterocycles. The average Bonchev–Trinajstić information content (AvgIpc) is 3.34. The van der Waals surface area contributed by atoms with Gasteiger partial charge in [0.1, 0.15) is 10.8 Å². The fourth-order valence-electron chi connectivity index (χ4n) is 4.05. The van der Waals surface area contributed by atoms with Crippen LogP contribution < -0.4 is 4.74 Å². The third kappa shape index (κ3) is 4.66. The van der Waals surface area contributed by atoms with Gasteiger partial charge in [0.05, 0.1) is 12.7 Å². The predicted molar refractivity (Wildman–Crippen MR) is 136 cm³/mol. The van der Waals surface area contributed by atoms with Gasteiger partial charge < -0.3 is 9.30 Å². The van der Waals surface area contributed by atoms with Crippen LogP contribution in [0.15, 0.2) is 46.0 Å². The molecule has 1 aromatic heterocycles. The van der Waals surface area contributed by atoms with Crippen LogP contribution in [0.2, 0.25) is 0 Å². The largest absolute Gasteiger partial charge is 0.497 e. The van der Waals surface area contributed by atoms with Crippen molar-refractivity contribution in [3.63, 3.8) is 0 Å². The molecular weight excluding hydrogens is 434 g/mol. The number of ether oxygens (including phenoxy) is 1. The van der Waals surface area contributed by atoms with E-state index >= 15 is 0 Å². The highest BCUT2D eigenvalue weighted by molar-refractivity contribution is 8.26. The van der Waals surface area contributed by atoms with Crippen molar-refractivity contribution < 1.29 is 9.53 Å². The molecule has 0 unspecified atom stereocenters. The van der Waals surface area contributed by atoms with Crippen LogP contribution in [0.5, 0.6) is 5.75 Å². The summed E-state index contributed by atoms with van der Waals surface area (Å²) in [6.45, 7) is 6.22. The minimum Gasteiger partial charge on any atom is -0.497 e. The van der Waals surface area contributed by atoms with E-state index in [-0.39, 0.29) is 11.4 Å². The Kier molecular flexibility index (Phi) is 6.83. The third-order valence-electron chi connectivity index (χ3n) is 5.84. The number of benzene rings is 1. The second-order valence-electron chi connectivity index (χ2n) is 8.18. The number of amides is 1. The lowest BCUT2D eigenvalue weighted by Gasteiger charge is -2.20. The van der Waals surface area contributed by atoms with Gasteiger partial charge in [-0.1, -0.05) is 26.2 Å². The zero-order valence-corrected chi connectivity index (χ0v) is 20.3. The van der Waals surface area contributed by atoms with Crippen molar-refractivity contribution in [2.24, 2.45) is 10.1 Å². The summed E-state index contributed by atoms with van der Waals surface area (Å²) >= 11 is 1.40. The van der Waals surface area contributed by atoms with Crippen molar-refractivity contribution >= 4 is 39.8 Å². The van der Waals surface area contributed by atoms with Gasteiger partial charge in [-0.05, 0) is 80.4 Å². The Hall–Kier alpha value is -3.13. The Balaban J connectivity index is 1.59. The monoisotopic (exact) mass is 463 g/mol. The smallest absolute Gasteiger partial charge is 0.283 e. The zero-order chi connectivity index (χ0) is 23.5. The van der Waals surface area contributed by atoms with Crippen LogP contribution >= 0.6 is 11.8 Å². The maximum Gasteiger partial charge on any atom is 0.283 e. The summed E-state index contributed by atoms with van der Waals surface area (Å²) in [6, 6.07) is 9.86. The maximum absolute atomic E-state index is 12.8. The van der Waals surface area contributed by atoms with Crippen molar-refractivity contribution in [2.75, 3.05) is 7.11 Å².